The third kappa shape index (κ3) is 7.76. The Morgan fingerprint density at radius 1 is 1.25 bits per heavy atom. The van der Waals surface area contributed by atoms with Crippen molar-refractivity contribution in [1.82, 2.24) is 0 Å². The summed E-state index contributed by atoms with van der Waals surface area (Å²) < 4.78 is 0. The summed E-state index contributed by atoms with van der Waals surface area (Å²) in [5, 5.41) is 0. The molecule has 0 aromatic carbocycles. The summed E-state index contributed by atoms with van der Waals surface area (Å²) in [5.41, 5.74) is 12.2. The summed E-state index contributed by atoms with van der Waals surface area (Å²) in [4.78, 5) is 0. The molecule has 2 heteroatoms. The van der Waals surface area contributed by atoms with Crippen LogP contribution in [0.4, 0.5) is 0 Å². The van der Waals surface area contributed by atoms with E-state index in [9.17, 15) is 0 Å². The molecule has 0 aliphatic rings. The number of rotatable bonds is 7. The third-order valence-electron chi connectivity index (χ3n) is 1.95. The van der Waals surface area contributed by atoms with Gasteiger partial charge in [-0.15, -0.1) is 0 Å². The zero-order valence-electron chi connectivity index (χ0n) is 8.18. The van der Waals surface area contributed by atoms with Gasteiger partial charge in [-0.05, 0) is 32.1 Å². The number of unbranched alkanes of at least 4 members (excludes halogenated alkanes) is 1. The van der Waals surface area contributed by atoms with Crippen molar-refractivity contribution in [3.8, 4) is 0 Å². The van der Waals surface area contributed by atoms with Crippen LogP contribution in [0.3, 0.4) is 0 Å². The Hall–Kier alpha value is -0.340. The zero-order chi connectivity index (χ0) is 9.40. The van der Waals surface area contributed by atoms with E-state index in [1.807, 2.05) is 0 Å². The van der Waals surface area contributed by atoms with Crippen LogP contribution < -0.4 is 11.5 Å². The second-order valence-corrected chi connectivity index (χ2v) is 3.41. The van der Waals surface area contributed by atoms with Gasteiger partial charge in [-0.25, -0.2) is 0 Å². The SMILES string of the molecule is C=C(CCCC)CCCC(N)N. The van der Waals surface area contributed by atoms with E-state index >= 15 is 0 Å². The van der Waals surface area contributed by atoms with E-state index in [0.29, 0.717) is 0 Å². The fourth-order valence-corrected chi connectivity index (χ4v) is 1.14. The van der Waals surface area contributed by atoms with Crippen molar-refractivity contribution in [3.05, 3.63) is 12.2 Å². The molecule has 2 nitrogen and oxygen atoms in total. The van der Waals surface area contributed by atoms with E-state index in [1.54, 1.807) is 0 Å². The first kappa shape index (κ1) is 11.7. The quantitative estimate of drug-likeness (QED) is 0.454. The van der Waals surface area contributed by atoms with Gasteiger partial charge in [0.25, 0.3) is 0 Å². The van der Waals surface area contributed by atoms with Crippen molar-refractivity contribution < 1.29 is 0 Å². The summed E-state index contributed by atoms with van der Waals surface area (Å²) in [5.74, 6) is 0. The van der Waals surface area contributed by atoms with E-state index in [-0.39, 0.29) is 6.17 Å². The predicted molar refractivity (Wildman–Crippen MR) is 54.7 cm³/mol. The maximum atomic E-state index is 5.43. The van der Waals surface area contributed by atoms with Gasteiger partial charge < -0.3 is 11.5 Å². The Morgan fingerprint density at radius 3 is 2.33 bits per heavy atom. The molecule has 0 atom stereocenters. The number of allylic oxidation sites excluding steroid dienone is 1. The van der Waals surface area contributed by atoms with Gasteiger partial charge in [0.15, 0.2) is 0 Å². The molecule has 0 rings (SSSR count). The Balaban J connectivity index is 3.20. The van der Waals surface area contributed by atoms with Gasteiger partial charge in [0, 0.05) is 0 Å². The number of nitrogens with two attached hydrogens (primary N) is 2. The molecule has 0 saturated heterocycles. The molecule has 0 aromatic rings. The Kier molecular flexibility index (Phi) is 7.11. The molecule has 4 N–H and O–H groups in total. The van der Waals surface area contributed by atoms with Crippen molar-refractivity contribution in [2.45, 2.75) is 51.6 Å². The van der Waals surface area contributed by atoms with Crippen molar-refractivity contribution in [2.75, 3.05) is 0 Å². The van der Waals surface area contributed by atoms with Gasteiger partial charge in [-0.2, -0.15) is 0 Å². The van der Waals surface area contributed by atoms with Gasteiger partial charge in [0.1, 0.15) is 0 Å². The maximum absolute atomic E-state index is 5.43. The van der Waals surface area contributed by atoms with Crippen LogP contribution in [-0.2, 0) is 0 Å². The molecule has 0 aliphatic heterocycles. The monoisotopic (exact) mass is 170 g/mol. The predicted octanol–water partition coefficient (Wildman–Crippen LogP) is 2.15. The van der Waals surface area contributed by atoms with E-state index in [1.165, 1.54) is 18.4 Å². The largest absolute Gasteiger partial charge is 0.316 e. The van der Waals surface area contributed by atoms with E-state index < -0.39 is 0 Å². The van der Waals surface area contributed by atoms with E-state index in [0.717, 1.165) is 25.7 Å². The van der Waals surface area contributed by atoms with E-state index in [2.05, 4.69) is 13.5 Å². The van der Waals surface area contributed by atoms with Crippen LogP contribution >= 0.6 is 0 Å². The fourth-order valence-electron chi connectivity index (χ4n) is 1.14. The average molecular weight is 170 g/mol. The molecule has 0 fully saturated rings. The second kappa shape index (κ2) is 7.32. The lowest BCUT2D eigenvalue weighted by molar-refractivity contribution is 0.593. The van der Waals surface area contributed by atoms with Gasteiger partial charge in [-0.3, -0.25) is 0 Å². The summed E-state index contributed by atoms with van der Waals surface area (Å²) in [6.45, 7) is 6.20. The van der Waals surface area contributed by atoms with Crippen LogP contribution in [0.5, 0.6) is 0 Å². The average Bonchev–Trinajstić information content (AvgIpc) is 2.00. The fraction of sp³-hybridized carbons (Fsp3) is 0.800. The normalized spacial score (nSPS) is 10.7. The molecule has 12 heavy (non-hydrogen) atoms. The molecule has 0 radical (unpaired) electrons. The number of hydrogen-bond acceptors (Lipinski definition) is 2. The van der Waals surface area contributed by atoms with Crippen molar-refractivity contribution in [1.29, 1.82) is 0 Å². The first-order chi connectivity index (χ1) is 5.66. The highest BCUT2D eigenvalue weighted by Crippen LogP contribution is 2.12. The Bertz CT molecular complexity index is 119. The molecule has 0 saturated carbocycles. The minimum Gasteiger partial charge on any atom is -0.316 e. The minimum absolute atomic E-state index is 0.149. The smallest absolute Gasteiger partial charge is 0.0520 e. The highest BCUT2D eigenvalue weighted by Gasteiger charge is 1.97. The van der Waals surface area contributed by atoms with Gasteiger partial charge in [0.05, 0.1) is 6.17 Å². The van der Waals surface area contributed by atoms with E-state index in [4.69, 9.17) is 11.5 Å². The van der Waals surface area contributed by atoms with Crippen LogP contribution in [0.1, 0.15) is 45.4 Å². The topological polar surface area (TPSA) is 52.0 Å². The van der Waals surface area contributed by atoms with Crippen molar-refractivity contribution in [2.24, 2.45) is 11.5 Å². The first-order valence-corrected chi connectivity index (χ1v) is 4.84. The highest BCUT2D eigenvalue weighted by atomic mass is 14.8. The number of hydrogen-bond donors (Lipinski definition) is 2. The molecule has 0 spiro atoms. The summed E-state index contributed by atoms with van der Waals surface area (Å²) in [6.07, 6.45) is 6.60. The molecule has 0 heterocycles. The lowest BCUT2D eigenvalue weighted by Crippen LogP contribution is -2.29. The van der Waals surface area contributed by atoms with Crippen LogP contribution in [0.25, 0.3) is 0 Å². The molecule has 0 aromatic heterocycles. The van der Waals surface area contributed by atoms with Gasteiger partial charge in [-0.1, -0.05) is 25.5 Å². The summed E-state index contributed by atoms with van der Waals surface area (Å²) >= 11 is 0. The van der Waals surface area contributed by atoms with Crippen molar-refractivity contribution >= 4 is 0 Å². The Labute approximate surface area is 76.0 Å². The summed E-state index contributed by atoms with van der Waals surface area (Å²) in [6, 6.07) is 0. The van der Waals surface area contributed by atoms with Crippen LogP contribution in [0.2, 0.25) is 0 Å². The highest BCUT2D eigenvalue weighted by molar-refractivity contribution is 4.93. The molecule has 72 valence electrons. The standard InChI is InChI=1S/C10H22N2/c1-3-4-6-9(2)7-5-8-10(11)12/h10H,2-8,11-12H2,1H3. The lowest BCUT2D eigenvalue weighted by Gasteiger charge is -2.06. The molecule has 0 unspecified atom stereocenters. The van der Waals surface area contributed by atoms with Crippen molar-refractivity contribution in [3.63, 3.8) is 0 Å². The van der Waals surface area contributed by atoms with Gasteiger partial charge >= 0.3 is 0 Å². The maximum Gasteiger partial charge on any atom is 0.0520 e. The third-order valence-corrected chi connectivity index (χ3v) is 1.95. The summed E-state index contributed by atoms with van der Waals surface area (Å²) in [7, 11) is 0. The van der Waals surface area contributed by atoms with Crippen LogP contribution in [-0.4, -0.2) is 6.17 Å². The lowest BCUT2D eigenvalue weighted by atomic mass is 10.0. The Morgan fingerprint density at radius 2 is 1.83 bits per heavy atom. The van der Waals surface area contributed by atoms with Crippen LogP contribution in [0, 0.1) is 0 Å². The minimum atomic E-state index is -0.149. The van der Waals surface area contributed by atoms with Gasteiger partial charge in [0.2, 0.25) is 0 Å². The zero-order valence-corrected chi connectivity index (χ0v) is 8.18. The van der Waals surface area contributed by atoms with Crippen LogP contribution in [0.15, 0.2) is 12.2 Å². The molecule has 0 bridgehead atoms. The second-order valence-electron chi connectivity index (χ2n) is 3.41. The molecular weight excluding hydrogens is 148 g/mol. The molecular formula is C10H22N2. The molecule has 0 aliphatic carbocycles. The first-order valence-electron chi connectivity index (χ1n) is 4.84. The molecule has 0 amide bonds.